The number of guanidine groups is 1. The maximum Gasteiger partial charge on any atom is 0.192 e. The van der Waals surface area contributed by atoms with Crippen molar-refractivity contribution >= 4 is 16.7 Å². The van der Waals surface area contributed by atoms with Crippen molar-refractivity contribution in [1.82, 2.24) is 10.6 Å². The Morgan fingerprint density at radius 2 is 1.95 bits per heavy atom. The third-order valence-corrected chi connectivity index (χ3v) is 3.23. The maximum atomic E-state index is 5.26. The Morgan fingerprint density at radius 1 is 1.14 bits per heavy atom. The van der Waals surface area contributed by atoms with E-state index in [4.69, 9.17) is 6.42 Å². The second-order valence-corrected chi connectivity index (χ2v) is 4.71. The Bertz CT molecular complexity index is 648. The molecule has 0 fully saturated rings. The molecule has 2 aromatic rings. The molecule has 3 nitrogen and oxygen atoms in total. The fourth-order valence-electron chi connectivity index (χ4n) is 2.28. The quantitative estimate of drug-likeness (QED) is 0.501. The highest BCUT2D eigenvalue weighted by molar-refractivity contribution is 5.85. The molecule has 2 N–H and O–H groups in total. The lowest BCUT2D eigenvalue weighted by molar-refractivity contribution is 0.857. The Kier molecular flexibility index (Phi) is 5.66. The predicted molar refractivity (Wildman–Crippen MR) is 90.5 cm³/mol. The van der Waals surface area contributed by atoms with Crippen LogP contribution in [0.4, 0.5) is 0 Å². The smallest absolute Gasteiger partial charge is 0.192 e. The number of hydrogen-bond acceptors (Lipinski definition) is 1. The van der Waals surface area contributed by atoms with E-state index < -0.39 is 0 Å². The summed E-state index contributed by atoms with van der Waals surface area (Å²) in [6, 6.07) is 14.9. The second-order valence-electron chi connectivity index (χ2n) is 4.71. The molecule has 0 saturated heterocycles. The SMILES string of the molecule is C#CCNC(=NCCc1cccc2ccccc12)NCC. The van der Waals surface area contributed by atoms with Gasteiger partial charge in [0, 0.05) is 13.1 Å². The lowest BCUT2D eigenvalue weighted by atomic mass is 10.0. The van der Waals surface area contributed by atoms with Crippen LogP contribution >= 0.6 is 0 Å². The summed E-state index contributed by atoms with van der Waals surface area (Å²) in [7, 11) is 0. The minimum atomic E-state index is 0.486. The van der Waals surface area contributed by atoms with Crippen molar-refractivity contribution in [2.45, 2.75) is 13.3 Å². The van der Waals surface area contributed by atoms with Gasteiger partial charge in [0.25, 0.3) is 0 Å². The molecule has 2 rings (SSSR count). The fourth-order valence-corrected chi connectivity index (χ4v) is 2.28. The number of benzene rings is 2. The fraction of sp³-hybridized carbons (Fsp3) is 0.278. The van der Waals surface area contributed by atoms with E-state index in [0.717, 1.165) is 25.5 Å². The molecule has 0 spiro atoms. The minimum absolute atomic E-state index is 0.486. The van der Waals surface area contributed by atoms with Crippen molar-refractivity contribution < 1.29 is 0 Å². The number of terminal acetylenes is 1. The van der Waals surface area contributed by atoms with E-state index in [0.29, 0.717) is 6.54 Å². The molecule has 108 valence electrons. The van der Waals surface area contributed by atoms with Gasteiger partial charge in [-0.15, -0.1) is 6.42 Å². The van der Waals surface area contributed by atoms with Gasteiger partial charge in [-0.25, -0.2) is 0 Å². The molecule has 0 aliphatic heterocycles. The molecule has 0 aliphatic rings. The van der Waals surface area contributed by atoms with Crippen LogP contribution in [0.2, 0.25) is 0 Å². The molecule has 0 radical (unpaired) electrons. The van der Waals surface area contributed by atoms with Gasteiger partial charge in [-0.05, 0) is 29.7 Å². The van der Waals surface area contributed by atoms with Crippen molar-refractivity contribution in [2.75, 3.05) is 19.6 Å². The van der Waals surface area contributed by atoms with Crippen molar-refractivity contribution in [2.24, 2.45) is 4.99 Å². The van der Waals surface area contributed by atoms with Crippen molar-refractivity contribution in [3.63, 3.8) is 0 Å². The molecular weight excluding hydrogens is 258 g/mol. The molecule has 0 heterocycles. The average Bonchev–Trinajstić information content (AvgIpc) is 2.53. The van der Waals surface area contributed by atoms with Gasteiger partial charge in [-0.3, -0.25) is 4.99 Å². The van der Waals surface area contributed by atoms with Crippen LogP contribution in [0.5, 0.6) is 0 Å². The monoisotopic (exact) mass is 279 g/mol. The van der Waals surface area contributed by atoms with Crippen molar-refractivity contribution in [3.8, 4) is 12.3 Å². The highest BCUT2D eigenvalue weighted by atomic mass is 15.2. The van der Waals surface area contributed by atoms with Crippen LogP contribution in [0, 0.1) is 12.3 Å². The molecule has 0 aliphatic carbocycles. The Morgan fingerprint density at radius 3 is 2.76 bits per heavy atom. The summed E-state index contributed by atoms with van der Waals surface area (Å²) in [5.41, 5.74) is 1.32. The summed E-state index contributed by atoms with van der Waals surface area (Å²) < 4.78 is 0. The van der Waals surface area contributed by atoms with Crippen LogP contribution in [0.1, 0.15) is 12.5 Å². The van der Waals surface area contributed by atoms with Crippen LogP contribution in [-0.2, 0) is 6.42 Å². The number of rotatable bonds is 5. The van der Waals surface area contributed by atoms with Crippen molar-refractivity contribution in [1.29, 1.82) is 0 Å². The molecule has 0 amide bonds. The number of aliphatic imine (C=N–C) groups is 1. The standard InChI is InChI=1S/C18H21N3/c1-3-13-20-18(19-4-2)21-14-12-16-10-7-9-15-8-5-6-11-17(15)16/h1,5-11H,4,12-14H2,2H3,(H2,19,20,21). The first-order valence-corrected chi connectivity index (χ1v) is 7.27. The lowest BCUT2D eigenvalue weighted by Crippen LogP contribution is -2.37. The summed E-state index contributed by atoms with van der Waals surface area (Å²) in [4.78, 5) is 4.55. The first-order chi connectivity index (χ1) is 10.3. The molecule has 0 atom stereocenters. The van der Waals surface area contributed by atoms with E-state index in [1.807, 2.05) is 6.92 Å². The molecule has 2 aromatic carbocycles. The highest BCUT2D eigenvalue weighted by Gasteiger charge is 2.00. The van der Waals surface area contributed by atoms with E-state index >= 15 is 0 Å². The summed E-state index contributed by atoms with van der Waals surface area (Å²) in [6.07, 6.45) is 6.17. The number of nitrogens with zero attached hydrogens (tertiary/aromatic N) is 1. The molecule has 0 saturated carbocycles. The zero-order valence-electron chi connectivity index (χ0n) is 12.4. The summed E-state index contributed by atoms with van der Waals surface area (Å²) in [5, 5.41) is 8.86. The van der Waals surface area contributed by atoms with Crippen molar-refractivity contribution in [3.05, 3.63) is 48.0 Å². The van der Waals surface area contributed by atoms with E-state index in [9.17, 15) is 0 Å². The summed E-state index contributed by atoms with van der Waals surface area (Å²) in [6.45, 7) is 4.08. The van der Waals surface area contributed by atoms with Gasteiger partial charge in [0.2, 0.25) is 0 Å². The molecule has 0 unspecified atom stereocenters. The summed E-state index contributed by atoms with van der Waals surface area (Å²) >= 11 is 0. The third kappa shape index (κ3) is 4.25. The molecule has 0 aromatic heterocycles. The largest absolute Gasteiger partial charge is 0.357 e. The zero-order valence-corrected chi connectivity index (χ0v) is 12.4. The molecular formula is C18H21N3. The van der Waals surface area contributed by atoms with E-state index in [2.05, 4.69) is 64.0 Å². The van der Waals surface area contributed by atoms with Gasteiger partial charge in [-0.1, -0.05) is 48.4 Å². The Labute approximate surface area is 126 Å². The Hall–Kier alpha value is -2.47. The van der Waals surface area contributed by atoms with Gasteiger partial charge in [0.05, 0.1) is 6.54 Å². The van der Waals surface area contributed by atoms with Gasteiger partial charge in [0.15, 0.2) is 5.96 Å². The zero-order chi connectivity index (χ0) is 14.9. The van der Waals surface area contributed by atoms with Crippen LogP contribution in [0.15, 0.2) is 47.5 Å². The average molecular weight is 279 g/mol. The first-order valence-electron chi connectivity index (χ1n) is 7.27. The lowest BCUT2D eigenvalue weighted by Gasteiger charge is -2.09. The van der Waals surface area contributed by atoms with Crippen LogP contribution in [-0.4, -0.2) is 25.6 Å². The third-order valence-electron chi connectivity index (χ3n) is 3.23. The molecule has 3 heteroatoms. The van der Waals surface area contributed by atoms with Gasteiger partial charge in [-0.2, -0.15) is 0 Å². The van der Waals surface area contributed by atoms with Crippen LogP contribution in [0.25, 0.3) is 10.8 Å². The minimum Gasteiger partial charge on any atom is -0.357 e. The van der Waals surface area contributed by atoms with Gasteiger partial charge < -0.3 is 10.6 Å². The first kappa shape index (κ1) is 14.9. The number of fused-ring (bicyclic) bond motifs is 1. The Balaban J connectivity index is 2.05. The number of hydrogen-bond donors (Lipinski definition) is 2. The van der Waals surface area contributed by atoms with E-state index in [-0.39, 0.29) is 0 Å². The van der Waals surface area contributed by atoms with Crippen LogP contribution < -0.4 is 10.6 Å². The number of nitrogens with one attached hydrogen (secondary N) is 2. The normalized spacial score (nSPS) is 11.1. The molecule has 0 bridgehead atoms. The maximum absolute atomic E-state index is 5.26. The molecule has 21 heavy (non-hydrogen) atoms. The second kappa shape index (κ2) is 7.96. The van der Waals surface area contributed by atoms with Crippen LogP contribution in [0.3, 0.4) is 0 Å². The van der Waals surface area contributed by atoms with Gasteiger partial charge >= 0.3 is 0 Å². The topological polar surface area (TPSA) is 36.4 Å². The van der Waals surface area contributed by atoms with E-state index in [1.165, 1.54) is 16.3 Å². The highest BCUT2D eigenvalue weighted by Crippen LogP contribution is 2.18. The van der Waals surface area contributed by atoms with E-state index in [1.54, 1.807) is 0 Å². The predicted octanol–water partition coefficient (Wildman–Crippen LogP) is 2.57. The van der Waals surface area contributed by atoms with Gasteiger partial charge in [0.1, 0.15) is 0 Å². The summed E-state index contributed by atoms with van der Waals surface area (Å²) in [5.74, 6) is 3.33.